The lowest BCUT2D eigenvalue weighted by Gasteiger charge is -2.37. The van der Waals surface area contributed by atoms with Crippen LogP contribution in [0.4, 0.5) is 10.5 Å². The van der Waals surface area contributed by atoms with E-state index in [1.807, 2.05) is 27.7 Å². The Kier molecular flexibility index (Phi) is 5.84. The second kappa shape index (κ2) is 7.72. The van der Waals surface area contributed by atoms with E-state index < -0.39 is 16.5 Å². The first-order valence-electron chi connectivity index (χ1n) is 8.50. The summed E-state index contributed by atoms with van der Waals surface area (Å²) in [4.78, 5) is 36.1. The Morgan fingerprint density at radius 1 is 1.23 bits per heavy atom. The Hall–Kier alpha value is -2.64. The van der Waals surface area contributed by atoms with E-state index in [0.717, 1.165) is 0 Å². The molecule has 142 valence electrons. The number of esters is 1. The minimum absolute atomic E-state index is 0.0433. The molecule has 0 N–H and O–H groups in total. The first kappa shape index (κ1) is 19.7. The number of nitro benzene ring substituents is 1. The molecule has 26 heavy (non-hydrogen) atoms. The smallest absolute Gasteiger partial charge is 0.410 e. The number of rotatable bonds is 3. The number of nitro groups is 1. The molecule has 0 spiro atoms. The fourth-order valence-electron chi connectivity index (χ4n) is 2.72. The Morgan fingerprint density at radius 2 is 1.85 bits per heavy atom. The van der Waals surface area contributed by atoms with Gasteiger partial charge in [0.15, 0.2) is 0 Å². The third-order valence-corrected chi connectivity index (χ3v) is 4.05. The molecule has 0 radical (unpaired) electrons. The van der Waals surface area contributed by atoms with Crippen molar-refractivity contribution in [1.29, 1.82) is 0 Å². The zero-order valence-corrected chi connectivity index (χ0v) is 15.4. The fourth-order valence-corrected chi connectivity index (χ4v) is 2.72. The van der Waals surface area contributed by atoms with E-state index in [2.05, 4.69) is 0 Å². The Bertz CT molecular complexity index is 680. The molecule has 1 amide bonds. The number of hydrogen-bond donors (Lipinski definition) is 0. The molecule has 0 bridgehead atoms. The van der Waals surface area contributed by atoms with Crippen molar-refractivity contribution < 1.29 is 24.0 Å². The molecule has 2 rings (SSSR count). The molecule has 2 unspecified atom stereocenters. The van der Waals surface area contributed by atoms with Gasteiger partial charge in [0.05, 0.1) is 10.5 Å². The molecule has 1 heterocycles. The second-order valence-corrected chi connectivity index (χ2v) is 7.44. The maximum absolute atomic E-state index is 12.2. The number of nitrogens with zero attached hydrogens (tertiary/aromatic N) is 2. The number of carbonyl (C=O) groups is 2. The molecule has 1 fully saturated rings. The second-order valence-electron chi connectivity index (χ2n) is 7.44. The minimum atomic E-state index is -0.556. The van der Waals surface area contributed by atoms with Crippen LogP contribution in [-0.4, -0.2) is 46.7 Å². The molecule has 0 saturated carbocycles. The summed E-state index contributed by atoms with van der Waals surface area (Å²) in [5.41, 5.74) is -0.377. The molecule has 0 aromatic heterocycles. The number of amides is 1. The highest BCUT2D eigenvalue weighted by Crippen LogP contribution is 2.23. The fraction of sp³-hybridized carbons (Fsp3) is 0.556. The van der Waals surface area contributed by atoms with E-state index >= 15 is 0 Å². The van der Waals surface area contributed by atoms with E-state index in [4.69, 9.17) is 9.47 Å². The Balaban J connectivity index is 1.92. The summed E-state index contributed by atoms with van der Waals surface area (Å²) >= 11 is 0. The minimum Gasteiger partial charge on any atom is -0.458 e. The molecule has 2 atom stereocenters. The van der Waals surface area contributed by atoms with E-state index in [1.165, 1.54) is 24.3 Å². The summed E-state index contributed by atoms with van der Waals surface area (Å²) in [5.74, 6) is -0.569. The highest BCUT2D eigenvalue weighted by molar-refractivity contribution is 5.89. The Morgan fingerprint density at radius 3 is 2.35 bits per heavy atom. The van der Waals surface area contributed by atoms with Gasteiger partial charge in [-0.3, -0.25) is 10.1 Å². The summed E-state index contributed by atoms with van der Waals surface area (Å²) in [6.07, 6.45) is -0.181. The topological polar surface area (TPSA) is 99.0 Å². The van der Waals surface area contributed by atoms with Gasteiger partial charge < -0.3 is 14.4 Å². The van der Waals surface area contributed by atoms with E-state index in [1.54, 1.807) is 4.90 Å². The normalized spacial score (nSPS) is 20.4. The Labute approximate surface area is 152 Å². The number of hydrogen-bond acceptors (Lipinski definition) is 6. The lowest BCUT2D eigenvalue weighted by Crippen LogP contribution is -2.48. The molecular formula is C18H24N2O6. The van der Waals surface area contributed by atoms with Crippen LogP contribution in [0, 0.1) is 16.0 Å². The maximum Gasteiger partial charge on any atom is 0.410 e. The van der Waals surface area contributed by atoms with Crippen LogP contribution in [0.2, 0.25) is 0 Å². The average Bonchev–Trinajstić information content (AvgIpc) is 2.55. The molecule has 1 aromatic rings. The van der Waals surface area contributed by atoms with Gasteiger partial charge in [0.1, 0.15) is 11.7 Å². The summed E-state index contributed by atoms with van der Waals surface area (Å²) in [6, 6.07) is 5.29. The van der Waals surface area contributed by atoms with Gasteiger partial charge in [-0.25, -0.2) is 9.59 Å². The lowest BCUT2D eigenvalue weighted by atomic mass is 9.96. The molecule has 1 aromatic carbocycles. The number of carbonyl (C=O) groups excluding carboxylic acids is 2. The first-order valence-corrected chi connectivity index (χ1v) is 8.50. The van der Waals surface area contributed by atoms with Crippen LogP contribution in [0.25, 0.3) is 0 Å². The van der Waals surface area contributed by atoms with Crippen LogP contribution in [-0.2, 0) is 9.47 Å². The number of benzene rings is 1. The average molecular weight is 364 g/mol. The largest absolute Gasteiger partial charge is 0.458 e. The maximum atomic E-state index is 12.2. The number of likely N-dealkylation sites (tertiary alicyclic amines) is 1. The van der Waals surface area contributed by atoms with Crippen LogP contribution in [0.3, 0.4) is 0 Å². The summed E-state index contributed by atoms with van der Waals surface area (Å²) < 4.78 is 10.9. The zero-order valence-electron chi connectivity index (χ0n) is 15.4. The van der Waals surface area contributed by atoms with Gasteiger partial charge in [-0.05, 0) is 32.9 Å². The predicted molar refractivity (Wildman–Crippen MR) is 93.9 cm³/mol. The molecule has 1 aliphatic rings. The predicted octanol–water partition coefficient (Wildman–Crippen LogP) is 3.40. The lowest BCUT2D eigenvalue weighted by molar-refractivity contribution is -0.384. The monoisotopic (exact) mass is 364 g/mol. The van der Waals surface area contributed by atoms with Crippen molar-refractivity contribution in [2.75, 3.05) is 13.1 Å². The van der Waals surface area contributed by atoms with E-state index in [9.17, 15) is 19.7 Å². The third kappa shape index (κ3) is 5.18. The summed E-state index contributed by atoms with van der Waals surface area (Å²) in [7, 11) is 0. The van der Waals surface area contributed by atoms with Gasteiger partial charge in [0.25, 0.3) is 5.69 Å². The van der Waals surface area contributed by atoms with E-state index in [-0.39, 0.29) is 29.4 Å². The van der Waals surface area contributed by atoms with Gasteiger partial charge >= 0.3 is 12.1 Å². The van der Waals surface area contributed by atoms with Gasteiger partial charge in [0.2, 0.25) is 0 Å². The summed E-state index contributed by atoms with van der Waals surface area (Å²) in [6.45, 7) is 8.22. The van der Waals surface area contributed by atoms with Crippen molar-refractivity contribution in [2.45, 2.75) is 45.8 Å². The quantitative estimate of drug-likeness (QED) is 0.463. The van der Waals surface area contributed by atoms with Gasteiger partial charge in [0, 0.05) is 37.6 Å². The highest BCUT2D eigenvalue weighted by Gasteiger charge is 2.33. The van der Waals surface area contributed by atoms with Crippen LogP contribution >= 0.6 is 0 Å². The van der Waals surface area contributed by atoms with Gasteiger partial charge in [-0.15, -0.1) is 0 Å². The van der Waals surface area contributed by atoms with Crippen molar-refractivity contribution in [3.05, 3.63) is 39.9 Å². The number of non-ortho nitro benzene ring substituents is 1. The van der Waals surface area contributed by atoms with Crippen LogP contribution in [0.5, 0.6) is 0 Å². The van der Waals surface area contributed by atoms with Gasteiger partial charge in [-0.2, -0.15) is 0 Å². The molecule has 1 aliphatic heterocycles. The molecular weight excluding hydrogens is 340 g/mol. The SMILES string of the molecule is CC1CN(C(=O)OC(C)(C)C)CCC1OC(=O)c1ccc([N+](=O)[O-])cc1. The van der Waals surface area contributed by atoms with Crippen LogP contribution in [0.15, 0.2) is 24.3 Å². The summed E-state index contributed by atoms with van der Waals surface area (Å²) in [5, 5.41) is 10.7. The standard InChI is InChI=1S/C18H24N2O6/c1-12-11-19(17(22)26-18(2,3)4)10-9-15(12)25-16(21)13-5-7-14(8-6-13)20(23)24/h5-8,12,15H,9-11H2,1-4H3. The van der Waals surface area contributed by atoms with E-state index in [0.29, 0.717) is 19.5 Å². The number of ether oxygens (including phenoxy) is 2. The van der Waals surface area contributed by atoms with Crippen molar-refractivity contribution >= 4 is 17.7 Å². The van der Waals surface area contributed by atoms with Crippen molar-refractivity contribution in [3.63, 3.8) is 0 Å². The van der Waals surface area contributed by atoms with Crippen molar-refractivity contribution in [3.8, 4) is 0 Å². The highest BCUT2D eigenvalue weighted by atomic mass is 16.6. The van der Waals surface area contributed by atoms with Crippen LogP contribution in [0.1, 0.15) is 44.5 Å². The third-order valence-electron chi connectivity index (χ3n) is 4.05. The molecule has 8 heteroatoms. The number of piperidine rings is 1. The van der Waals surface area contributed by atoms with Crippen LogP contribution < -0.4 is 0 Å². The van der Waals surface area contributed by atoms with Gasteiger partial charge in [-0.1, -0.05) is 6.92 Å². The molecule has 0 aliphatic carbocycles. The molecule has 1 saturated heterocycles. The first-order chi connectivity index (χ1) is 12.1. The molecule has 8 nitrogen and oxygen atoms in total. The zero-order chi connectivity index (χ0) is 19.5. The van der Waals surface area contributed by atoms with Crippen molar-refractivity contribution in [1.82, 2.24) is 4.90 Å². The van der Waals surface area contributed by atoms with Crippen molar-refractivity contribution in [2.24, 2.45) is 5.92 Å².